The minimum Gasteiger partial charge on any atom is -0.455 e. The van der Waals surface area contributed by atoms with Gasteiger partial charge in [-0.1, -0.05) is 0 Å². The van der Waals surface area contributed by atoms with Crippen LogP contribution in [0.3, 0.4) is 0 Å². The lowest BCUT2D eigenvalue weighted by atomic mass is 9.49. The standard InChI is InChI=1S/C19H25ClN2O3/c1-17(11-21,14-2-3-14)22-15(23)9-25-16(24)18-5-12-4-13(6-18)8-19(20,7-12)10-18/h12-14H,2-10H2,1H3,(H,22,23)/t12-,13+,17-,18?,19?/m0/s1. The quantitative estimate of drug-likeness (QED) is 0.601. The number of hydrogen-bond donors (Lipinski definition) is 1. The summed E-state index contributed by atoms with van der Waals surface area (Å²) in [6.45, 7) is 1.43. The van der Waals surface area contributed by atoms with Gasteiger partial charge in [0, 0.05) is 4.87 Å². The van der Waals surface area contributed by atoms with Crippen LogP contribution in [0.25, 0.3) is 0 Å². The van der Waals surface area contributed by atoms with Crippen molar-refractivity contribution >= 4 is 23.5 Å². The zero-order valence-electron chi connectivity index (χ0n) is 14.6. The van der Waals surface area contributed by atoms with Gasteiger partial charge in [0.15, 0.2) is 6.61 Å². The van der Waals surface area contributed by atoms with Crippen molar-refractivity contribution in [1.82, 2.24) is 5.32 Å². The van der Waals surface area contributed by atoms with Gasteiger partial charge in [-0.15, -0.1) is 11.6 Å². The van der Waals surface area contributed by atoms with E-state index in [-0.39, 0.29) is 23.4 Å². The zero-order chi connectivity index (χ0) is 17.9. The molecule has 5 nitrogen and oxygen atoms in total. The molecule has 0 saturated heterocycles. The highest BCUT2D eigenvalue weighted by molar-refractivity contribution is 6.24. The predicted molar refractivity (Wildman–Crippen MR) is 91.5 cm³/mol. The van der Waals surface area contributed by atoms with Crippen molar-refractivity contribution in [3.8, 4) is 6.07 Å². The Labute approximate surface area is 153 Å². The third-order valence-electron chi connectivity index (χ3n) is 6.78. The van der Waals surface area contributed by atoms with E-state index in [0.717, 1.165) is 38.5 Å². The van der Waals surface area contributed by atoms with Crippen molar-refractivity contribution in [2.24, 2.45) is 23.2 Å². The van der Waals surface area contributed by atoms with Crippen molar-refractivity contribution < 1.29 is 14.3 Å². The Morgan fingerprint density at radius 3 is 2.44 bits per heavy atom. The van der Waals surface area contributed by atoms with Crippen LogP contribution in [0, 0.1) is 34.5 Å². The van der Waals surface area contributed by atoms with Crippen LogP contribution in [-0.4, -0.2) is 28.9 Å². The van der Waals surface area contributed by atoms with E-state index < -0.39 is 16.9 Å². The van der Waals surface area contributed by atoms with Gasteiger partial charge in [-0.3, -0.25) is 9.59 Å². The normalized spacial score (nSPS) is 40.8. The molecule has 0 aromatic carbocycles. The molecule has 0 heterocycles. The summed E-state index contributed by atoms with van der Waals surface area (Å²) in [6.07, 6.45) is 7.44. The van der Waals surface area contributed by atoms with Gasteiger partial charge >= 0.3 is 5.97 Å². The molecule has 25 heavy (non-hydrogen) atoms. The maximum absolute atomic E-state index is 12.8. The van der Waals surface area contributed by atoms with Gasteiger partial charge in [0.1, 0.15) is 5.54 Å². The number of halogens is 1. The first kappa shape index (κ1) is 17.1. The molecule has 5 aliphatic carbocycles. The number of esters is 1. The number of nitriles is 1. The van der Waals surface area contributed by atoms with E-state index in [1.807, 2.05) is 0 Å². The molecule has 2 unspecified atom stereocenters. The average Bonchev–Trinajstić information content (AvgIpc) is 3.35. The molecule has 5 fully saturated rings. The minimum atomic E-state index is -0.857. The molecule has 0 aromatic rings. The lowest BCUT2D eigenvalue weighted by Crippen LogP contribution is -2.56. The van der Waals surface area contributed by atoms with Gasteiger partial charge in [0.25, 0.3) is 5.91 Å². The first-order valence-corrected chi connectivity index (χ1v) is 9.72. The first-order valence-electron chi connectivity index (χ1n) is 9.34. The Hall–Kier alpha value is -1.28. The maximum atomic E-state index is 12.8. The van der Waals surface area contributed by atoms with Crippen LogP contribution in [-0.2, 0) is 14.3 Å². The number of carbonyl (C=O) groups excluding carboxylic acids is 2. The van der Waals surface area contributed by atoms with E-state index in [1.54, 1.807) is 6.92 Å². The molecule has 5 saturated carbocycles. The number of nitrogens with one attached hydrogen (secondary N) is 1. The van der Waals surface area contributed by atoms with E-state index >= 15 is 0 Å². The average molecular weight is 365 g/mol. The highest BCUT2D eigenvalue weighted by Crippen LogP contribution is 2.64. The highest BCUT2D eigenvalue weighted by Gasteiger charge is 2.60. The number of nitrogens with zero attached hydrogens (tertiary/aromatic N) is 1. The number of amides is 1. The summed E-state index contributed by atoms with van der Waals surface area (Å²) >= 11 is 6.75. The summed E-state index contributed by atoms with van der Waals surface area (Å²) in [5.74, 6) is 0.562. The second-order valence-corrected chi connectivity index (χ2v) is 9.91. The predicted octanol–water partition coefficient (Wildman–Crippen LogP) is 2.92. The first-order chi connectivity index (χ1) is 11.8. The van der Waals surface area contributed by atoms with Crippen molar-refractivity contribution in [2.45, 2.75) is 68.7 Å². The van der Waals surface area contributed by atoms with Crippen LogP contribution in [0.2, 0.25) is 0 Å². The van der Waals surface area contributed by atoms with Crippen molar-refractivity contribution in [3.63, 3.8) is 0 Å². The Kier molecular flexibility index (Phi) is 3.85. The molecule has 5 rings (SSSR count). The highest BCUT2D eigenvalue weighted by atomic mass is 35.5. The van der Waals surface area contributed by atoms with E-state index in [1.165, 1.54) is 6.42 Å². The molecular weight excluding hydrogens is 340 g/mol. The second-order valence-electron chi connectivity index (χ2n) is 9.10. The van der Waals surface area contributed by atoms with Crippen LogP contribution in [0.5, 0.6) is 0 Å². The fourth-order valence-electron chi connectivity index (χ4n) is 5.88. The van der Waals surface area contributed by atoms with Gasteiger partial charge in [0.2, 0.25) is 0 Å². The molecular formula is C19H25ClN2O3. The molecule has 1 N–H and O–H groups in total. The topological polar surface area (TPSA) is 79.2 Å². The van der Waals surface area contributed by atoms with Crippen LogP contribution < -0.4 is 5.32 Å². The van der Waals surface area contributed by atoms with Crippen LogP contribution in [0.15, 0.2) is 0 Å². The van der Waals surface area contributed by atoms with Crippen LogP contribution >= 0.6 is 11.6 Å². The van der Waals surface area contributed by atoms with Crippen molar-refractivity contribution in [3.05, 3.63) is 0 Å². The smallest absolute Gasteiger partial charge is 0.312 e. The van der Waals surface area contributed by atoms with E-state index in [9.17, 15) is 14.9 Å². The van der Waals surface area contributed by atoms with E-state index in [2.05, 4.69) is 11.4 Å². The van der Waals surface area contributed by atoms with Gasteiger partial charge < -0.3 is 10.1 Å². The third kappa shape index (κ3) is 3.03. The summed E-state index contributed by atoms with van der Waals surface area (Å²) in [6, 6.07) is 2.18. The van der Waals surface area contributed by atoms with Gasteiger partial charge in [-0.25, -0.2) is 0 Å². The molecule has 4 bridgehead atoms. The van der Waals surface area contributed by atoms with E-state index in [0.29, 0.717) is 18.3 Å². The largest absolute Gasteiger partial charge is 0.455 e. The Morgan fingerprint density at radius 2 is 1.92 bits per heavy atom. The monoisotopic (exact) mass is 364 g/mol. The lowest BCUT2D eigenvalue weighted by Gasteiger charge is -2.58. The molecule has 6 heteroatoms. The summed E-state index contributed by atoms with van der Waals surface area (Å²) in [5.41, 5.74) is -1.36. The maximum Gasteiger partial charge on any atom is 0.312 e. The second kappa shape index (κ2) is 5.61. The summed E-state index contributed by atoms with van der Waals surface area (Å²) in [7, 11) is 0. The van der Waals surface area contributed by atoms with E-state index in [4.69, 9.17) is 16.3 Å². The molecule has 0 aliphatic heterocycles. The molecule has 5 aliphatic rings. The summed E-state index contributed by atoms with van der Waals surface area (Å²) in [4.78, 5) is 24.7. The van der Waals surface area contributed by atoms with Crippen LogP contribution in [0.4, 0.5) is 0 Å². The summed E-state index contributed by atoms with van der Waals surface area (Å²) in [5, 5.41) is 12.1. The lowest BCUT2D eigenvalue weighted by molar-refractivity contribution is -0.172. The third-order valence-corrected chi connectivity index (χ3v) is 7.22. The molecule has 1 amide bonds. The number of carbonyl (C=O) groups is 2. The Bertz CT molecular complexity index is 640. The van der Waals surface area contributed by atoms with Crippen LogP contribution in [0.1, 0.15) is 58.3 Å². The Morgan fingerprint density at radius 1 is 1.28 bits per heavy atom. The SMILES string of the molecule is C[C@@](C#N)(NC(=O)COC(=O)C12C[C@@H]3C[C@@H](CC(Cl)(C3)C1)C2)C1CC1. The number of alkyl halides is 1. The number of ether oxygens (including phenoxy) is 1. The fourth-order valence-corrected chi connectivity index (χ4v) is 6.57. The molecule has 0 aromatic heterocycles. The Balaban J connectivity index is 1.36. The van der Waals surface area contributed by atoms with Crippen molar-refractivity contribution in [1.29, 1.82) is 5.26 Å². The number of hydrogen-bond acceptors (Lipinski definition) is 4. The molecule has 136 valence electrons. The van der Waals surface area contributed by atoms with Gasteiger partial charge in [-0.2, -0.15) is 5.26 Å². The zero-order valence-corrected chi connectivity index (χ0v) is 15.4. The fraction of sp³-hybridized carbons (Fsp3) is 0.842. The van der Waals surface area contributed by atoms with Gasteiger partial charge in [0.05, 0.1) is 11.5 Å². The molecule has 0 spiro atoms. The molecule has 5 atom stereocenters. The molecule has 0 radical (unpaired) electrons. The minimum absolute atomic E-state index is 0.205. The number of rotatable bonds is 5. The van der Waals surface area contributed by atoms with Crippen molar-refractivity contribution in [2.75, 3.05) is 6.61 Å². The summed E-state index contributed by atoms with van der Waals surface area (Å²) < 4.78 is 5.41. The van der Waals surface area contributed by atoms with Gasteiger partial charge in [-0.05, 0) is 76.0 Å².